The summed E-state index contributed by atoms with van der Waals surface area (Å²) in [4.78, 5) is 47.4. The minimum absolute atomic E-state index is 0.0357. The highest BCUT2D eigenvalue weighted by Crippen LogP contribution is 2.42. The summed E-state index contributed by atoms with van der Waals surface area (Å²) in [7, 11) is 1.71. The third kappa shape index (κ3) is 5.01. The molecule has 182 valence electrons. The lowest BCUT2D eigenvalue weighted by atomic mass is 9.74. The predicted octanol–water partition coefficient (Wildman–Crippen LogP) is 3.31. The van der Waals surface area contributed by atoms with Crippen molar-refractivity contribution in [1.82, 2.24) is 25.0 Å². The van der Waals surface area contributed by atoms with Gasteiger partial charge in [-0.25, -0.2) is 0 Å². The summed E-state index contributed by atoms with van der Waals surface area (Å²) < 4.78 is 0. The number of carbonyl (C=O) groups is 3. The molecule has 8 heteroatoms. The van der Waals surface area contributed by atoms with Crippen LogP contribution in [0.15, 0.2) is 54.9 Å². The van der Waals surface area contributed by atoms with Crippen LogP contribution in [0.25, 0.3) is 0 Å². The number of nitrogens with zero attached hydrogens (tertiary/aromatic N) is 4. The number of aromatic nitrogens is 3. The highest BCUT2D eigenvalue weighted by molar-refractivity contribution is 6.10. The second-order valence-corrected chi connectivity index (χ2v) is 9.28. The Bertz CT molecular complexity index is 1220. The molecule has 1 N–H and O–H groups in total. The Hall–Kier alpha value is -3.81. The summed E-state index contributed by atoms with van der Waals surface area (Å²) >= 11 is 0. The van der Waals surface area contributed by atoms with E-state index in [2.05, 4.69) is 22.1 Å². The van der Waals surface area contributed by atoms with Gasteiger partial charge in [0.15, 0.2) is 0 Å². The number of benzene rings is 1. The van der Waals surface area contributed by atoms with Gasteiger partial charge in [0, 0.05) is 32.3 Å². The summed E-state index contributed by atoms with van der Waals surface area (Å²) in [6.45, 7) is 4.51. The van der Waals surface area contributed by atoms with Gasteiger partial charge in [0.05, 0.1) is 29.9 Å². The number of rotatable bonds is 9. The minimum atomic E-state index is -1.23. The molecule has 1 fully saturated rings. The zero-order chi connectivity index (χ0) is 25.0. The van der Waals surface area contributed by atoms with E-state index in [1.807, 2.05) is 37.3 Å². The van der Waals surface area contributed by atoms with Crippen LogP contribution in [0.4, 0.5) is 0 Å². The molecule has 3 aromatic rings. The molecular formula is C27H31N5O3. The molecule has 0 aliphatic carbocycles. The molecule has 8 nitrogen and oxygen atoms in total. The Morgan fingerprint density at radius 1 is 1.17 bits per heavy atom. The number of hydrogen-bond donors (Lipinski definition) is 1. The minimum Gasteiger partial charge on any atom is -0.340 e. The summed E-state index contributed by atoms with van der Waals surface area (Å²) in [5.41, 5.74) is 2.98. The van der Waals surface area contributed by atoms with Crippen LogP contribution in [-0.2, 0) is 39.3 Å². The van der Waals surface area contributed by atoms with E-state index < -0.39 is 5.41 Å². The second kappa shape index (κ2) is 10.2. The molecule has 0 radical (unpaired) electrons. The number of aromatic amines is 1. The number of H-pyrrole nitrogens is 1. The Morgan fingerprint density at radius 3 is 2.63 bits per heavy atom. The Morgan fingerprint density at radius 2 is 1.91 bits per heavy atom. The average Bonchev–Trinajstić information content (AvgIpc) is 3.38. The number of likely N-dealkylation sites (tertiary alicyclic amines) is 1. The molecule has 1 aromatic carbocycles. The van der Waals surface area contributed by atoms with Crippen molar-refractivity contribution >= 4 is 17.7 Å². The fourth-order valence-electron chi connectivity index (χ4n) is 4.80. The lowest BCUT2D eigenvalue weighted by molar-refractivity contribution is -0.143. The number of carbonyl (C=O) groups excluding carboxylic acids is 3. The van der Waals surface area contributed by atoms with Gasteiger partial charge in [-0.2, -0.15) is 5.10 Å². The van der Waals surface area contributed by atoms with Crippen LogP contribution < -0.4 is 0 Å². The van der Waals surface area contributed by atoms with Gasteiger partial charge in [-0.3, -0.25) is 29.4 Å². The molecule has 0 unspecified atom stereocenters. The van der Waals surface area contributed by atoms with Gasteiger partial charge in [0.1, 0.15) is 0 Å². The highest BCUT2D eigenvalue weighted by atomic mass is 16.2. The van der Waals surface area contributed by atoms with E-state index in [-0.39, 0.29) is 37.1 Å². The van der Waals surface area contributed by atoms with Crippen LogP contribution >= 0.6 is 0 Å². The van der Waals surface area contributed by atoms with Crippen molar-refractivity contribution in [2.75, 3.05) is 7.05 Å². The first-order valence-electron chi connectivity index (χ1n) is 11.9. The van der Waals surface area contributed by atoms with E-state index in [1.165, 1.54) is 4.90 Å². The van der Waals surface area contributed by atoms with Crippen LogP contribution in [0.3, 0.4) is 0 Å². The predicted molar refractivity (Wildman–Crippen MR) is 131 cm³/mol. The first-order valence-corrected chi connectivity index (χ1v) is 11.9. The number of imide groups is 1. The third-order valence-corrected chi connectivity index (χ3v) is 6.64. The Balaban J connectivity index is 1.61. The molecule has 0 bridgehead atoms. The van der Waals surface area contributed by atoms with Crippen molar-refractivity contribution in [2.45, 2.75) is 58.0 Å². The average molecular weight is 474 g/mol. The van der Waals surface area contributed by atoms with Crippen molar-refractivity contribution < 1.29 is 14.4 Å². The van der Waals surface area contributed by atoms with Gasteiger partial charge in [0.2, 0.25) is 17.7 Å². The standard InChI is InChI=1S/C27H31N5O3/c1-4-7-21-14-22(30-29-21)18-31(3)24(33)15-27(23-9-6-5-8-19(23)2)16-25(34)32(26(27)35)17-20-10-12-28-13-11-20/h5-6,8-14H,4,7,15-18H2,1-3H3,(H,29,30)/t27-/m1/s1. The molecule has 1 saturated heterocycles. The molecule has 2 aromatic heterocycles. The van der Waals surface area contributed by atoms with E-state index in [0.29, 0.717) is 6.54 Å². The van der Waals surface area contributed by atoms with E-state index in [0.717, 1.165) is 40.9 Å². The molecule has 1 aliphatic rings. The Kier molecular flexibility index (Phi) is 7.10. The molecule has 1 aliphatic heterocycles. The van der Waals surface area contributed by atoms with Crippen molar-refractivity contribution in [3.8, 4) is 0 Å². The van der Waals surface area contributed by atoms with Crippen LogP contribution in [-0.4, -0.2) is 49.8 Å². The summed E-state index contributed by atoms with van der Waals surface area (Å²) in [5.74, 6) is -0.808. The number of nitrogens with one attached hydrogen (secondary N) is 1. The zero-order valence-electron chi connectivity index (χ0n) is 20.5. The summed E-state index contributed by atoms with van der Waals surface area (Å²) in [5, 5.41) is 7.29. The topological polar surface area (TPSA) is 99.3 Å². The van der Waals surface area contributed by atoms with Crippen molar-refractivity contribution in [3.05, 3.63) is 82.9 Å². The van der Waals surface area contributed by atoms with Gasteiger partial charge in [-0.1, -0.05) is 37.6 Å². The Labute approximate surface area is 205 Å². The maximum Gasteiger partial charge on any atom is 0.241 e. The second-order valence-electron chi connectivity index (χ2n) is 9.28. The van der Waals surface area contributed by atoms with E-state index in [1.54, 1.807) is 36.5 Å². The first-order chi connectivity index (χ1) is 16.8. The number of pyridine rings is 1. The molecule has 1 atom stereocenters. The normalized spacial score (nSPS) is 17.7. The van der Waals surface area contributed by atoms with Crippen molar-refractivity contribution in [3.63, 3.8) is 0 Å². The largest absolute Gasteiger partial charge is 0.340 e. The molecule has 4 rings (SSSR count). The summed E-state index contributed by atoms with van der Waals surface area (Å²) in [6.07, 6.45) is 5.01. The van der Waals surface area contributed by atoms with Gasteiger partial charge in [0.25, 0.3) is 0 Å². The van der Waals surface area contributed by atoms with Gasteiger partial charge in [-0.15, -0.1) is 0 Å². The van der Waals surface area contributed by atoms with E-state index in [9.17, 15) is 14.4 Å². The molecule has 3 amide bonds. The molecular weight excluding hydrogens is 442 g/mol. The number of hydrogen-bond acceptors (Lipinski definition) is 5. The third-order valence-electron chi connectivity index (χ3n) is 6.64. The van der Waals surface area contributed by atoms with Crippen LogP contribution in [0, 0.1) is 6.92 Å². The van der Waals surface area contributed by atoms with Gasteiger partial charge >= 0.3 is 0 Å². The zero-order valence-corrected chi connectivity index (χ0v) is 20.5. The first kappa shape index (κ1) is 24.3. The van der Waals surface area contributed by atoms with Gasteiger partial charge in [-0.05, 0) is 48.2 Å². The van der Waals surface area contributed by atoms with Gasteiger partial charge < -0.3 is 4.90 Å². The quantitative estimate of drug-likeness (QED) is 0.481. The van der Waals surface area contributed by atoms with Crippen molar-refractivity contribution in [2.24, 2.45) is 0 Å². The van der Waals surface area contributed by atoms with Crippen LogP contribution in [0.5, 0.6) is 0 Å². The molecule has 0 spiro atoms. The maximum atomic E-state index is 13.9. The van der Waals surface area contributed by atoms with Crippen LogP contribution in [0.1, 0.15) is 54.3 Å². The fourth-order valence-corrected chi connectivity index (χ4v) is 4.80. The van der Waals surface area contributed by atoms with Crippen molar-refractivity contribution in [1.29, 1.82) is 0 Å². The van der Waals surface area contributed by atoms with E-state index in [4.69, 9.17) is 0 Å². The van der Waals surface area contributed by atoms with E-state index >= 15 is 0 Å². The molecule has 0 saturated carbocycles. The lowest BCUT2D eigenvalue weighted by Gasteiger charge is -2.30. The number of aryl methyl sites for hydroxylation is 2. The smallest absolute Gasteiger partial charge is 0.241 e. The SMILES string of the molecule is CCCc1cc(CN(C)C(=O)C[C@]2(c3ccccc3C)CC(=O)N(Cc3ccncc3)C2=O)[nH]n1. The van der Waals surface area contributed by atoms with Crippen LogP contribution in [0.2, 0.25) is 0 Å². The molecule has 3 heterocycles. The lowest BCUT2D eigenvalue weighted by Crippen LogP contribution is -2.42. The molecule has 35 heavy (non-hydrogen) atoms. The maximum absolute atomic E-state index is 13.9. The number of amides is 3. The monoisotopic (exact) mass is 473 g/mol. The summed E-state index contributed by atoms with van der Waals surface area (Å²) in [6, 6.07) is 13.0. The fraction of sp³-hybridized carbons (Fsp3) is 0.370. The highest BCUT2D eigenvalue weighted by Gasteiger charge is 2.54.